The Kier molecular flexibility index (Phi) is 6.80. The molecule has 3 aromatic rings. The lowest BCUT2D eigenvalue weighted by atomic mass is 10.0. The second-order valence-corrected chi connectivity index (χ2v) is 9.60. The topological polar surface area (TPSA) is 101 Å². The molecule has 0 radical (unpaired) electrons. The molecular formula is C24H28N6O3S. The summed E-state index contributed by atoms with van der Waals surface area (Å²) >= 11 is 1.48. The van der Waals surface area contributed by atoms with Crippen molar-refractivity contribution in [2.45, 2.75) is 37.0 Å². The molecule has 5 rings (SSSR count). The molecule has 0 saturated carbocycles. The van der Waals surface area contributed by atoms with E-state index < -0.39 is 0 Å². The zero-order valence-corrected chi connectivity index (χ0v) is 19.9. The van der Waals surface area contributed by atoms with Gasteiger partial charge in [-0.05, 0) is 49.7 Å². The average molecular weight is 481 g/mol. The molecule has 0 unspecified atom stereocenters. The first-order valence-electron chi connectivity index (χ1n) is 11.5. The van der Waals surface area contributed by atoms with Gasteiger partial charge in [-0.2, -0.15) is 0 Å². The van der Waals surface area contributed by atoms with Crippen LogP contribution in [-0.4, -0.2) is 63.9 Å². The highest BCUT2D eigenvalue weighted by molar-refractivity contribution is 8.00. The first kappa shape index (κ1) is 22.8. The Labute approximate surface area is 201 Å². The number of nitrogens with zero attached hydrogens (tertiary/aromatic N) is 4. The van der Waals surface area contributed by atoms with E-state index in [1.165, 1.54) is 18.0 Å². The quantitative estimate of drug-likeness (QED) is 0.530. The molecule has 4 heterocycles. The number of anilines is 1. The van der Waals surface area contributed by atoms with Crippen molar-refractivity contribution in [1.29, 1.82) is 0 Å². The summed E-state index contributed by atoms with van der Waals surface area (Å²) < 4.78 is 7.11. The summed E-state index contributed by atoms with van der Waals surface area (Å²) in [6, 6.07) is 8.06. The molecule has 9 nitrogen and oxygen atoms in total. The van der Waals surface area contributed by atoms with Gasteiger partial charge in [0.15, 0.2) is 0 Å². The molecule has 0 aliphatic carbocycles. The van der Waals surface area contributed by atoms with E-state index in [9.17, 15) is 9.59 Å². The van der Waals surface area contributed by atoms with Crippen LogP contribution < -0.4 is 20.9 Å². The normalized spacial score (nSPS) is 16.9. The fourth-order valence-corrected chi connectivity index (χ4v) is 5.21. The summed E-state index contributed by atoms with van der Waals surface area (Å²) in [6.07, 6.45) is 5.37. The van der Waals surface area contributed by atoms with Gasteiger partial charge in [0, 0.05) is 37.9 Å². The number of aromatic nitrogens is 3. The minimum absolute atomic E-state index is 0.0259. The summed E-state index contributed by atoms with van der Waals surface area (Å²) in [5, 5.41) is 7.42. The van der Waals surface area contributed by atoms with Crippen molar-refractivity contribution >= 4 is 34.4 Å². The summed E-state index contributed by atoms with van der Waals surface area (Å²) in [4.78, 5) is 35.3. The van der Waals surface area contributed by atoms with Gasteiger partial charge in [-0.25, -0.2) is 9.97 Å². The Morgan fingerprint density at radius 3 is 2.82 bits per heavy atom. The first-order valence-corrected chi connectivity index (χ1v) is 12.5. The number of fused-ring (bicyclic) bond motifs is 2. The number of piperidine rings is 1. The van der Waals surface area contributed by atoms with E-state index in [1.807, 2.05) is 30.5 Å². The molecule has 1 aromatic carbocycles. The van der Waals surface area contributed by atoms with Crippen LogP contribution in [0.25, 0.3) is 11.0 Å². The zero-order valence-electron chi connectivity index (χ0n) is 19.1. The third kappa shape index (κ3) is 5.08. The van der Waals surface area contributed by atoms with E-state index in [2.05, 4.69) is 25.5 Å². The monoisotopic (exact) mass is 480 g/mol. The Balaban J connectivity index is 1.13. The molecular weight excluding hydrogens is 452 g/mol. The molecule has 1 amide bonds. The number of hydrogen-bond acceptors (Lipinski definition) is 8. The molecule has 2 aliphatic rings. The lowest BCUT2D eigenvalue weighted by Gasteiger charge is -2.32. The van der Waals surface area contributed by atoms with Gasteiger partial charge >= 0.3 is 0 Å². The highest BCUT2D eigenvalue weighted by Crippen LogP contribution is 2.29. The van der Waals surface area contributed by atoms with Crippen LogP contribution >= 0.6 is 11.8 Å². The van der Waals surface area contributed by atoms with Crippen molar-refractivity contribution in [1.82, 2.24) is 24.8 Å². The number of hydrogen-bond donors (Lipinski definition) is 2. The van der Waals surface area contributed by atoms with E-state index in [0.29, 0.717) is 18.3 Å². The van der Waals surface area contributed by atoms with E-state index >= 15 is 0 Å². The third-order valence-corrected chi connectivity index (χ3v) is 7.40. The Morgan fingerprint density at radius 2 is 2.00 bits per heavy atom. The van der Waals surface area contributed by atoms with Gasteiger partial charge in [0.2, 0.25) is 5.91 Å². The molecule has 178 valence electrons. The smallest absolute Gasteiger partial charge is 0.269 e. The van der Waals surface area contributed by atoms with Crippen LogP contribution in [0, 0.1) is 0 Å². The van der Waals surface area contributed by atoms with Crippen LogP contribution in [0.3, 0.4) is 0 Å². The maximum Gasteiger partial charge on any atom is 0.269 e. The summed E-state index contributed by atoms with van der Waals surface area (Å²) in [7, 11) is 1.62. The molecule has 1 saturated heterocycles. The fourth-order valence-electron chi connectivity index (χ4n) is 4.48. The van der Waals surface area contributed by atoms with Crippen LogP contribution in [0.15, 0.2) is 46.5 Å². The number of likely N-dealkylation sites (tertiary alicyclic amines) is 1. The van der Waals surface area contributed by atoms with E-state index in [0.717, 1.165) is 72.1 Å². The Bertz CT molecular complexity index is 1260. The number of carbonyl (C=O) groups is 1. The van der Waals surface area contributed by atoms with Gasteiger partial charge in [0.25, 0.3) is 5.56 Å². The van der Waals surface area contributed by atoms with Crippen molar-refractivity contribution in [2.75, 3.05) is 37.8 Å². The number of nitrogens with one attached hydrogen (secondary N) is 2. The number of pyridine rings is 1. The Morgan fingerprint density at radius 1 is 1.15 bits per heavy atom. The summed E-state index contributed by atoms with van der Waals surface area (Å²) in [5.74, 6) is 1.17. The standard InChI is InChI=1S/C24H28N6O3S/c1-33-18-2-3-19-21(11-18)30(23(32)14-26-19)9-8-29-6-4-17(5-7-29)25-12-16-10-20-24(27-13-16)34-15-22(31)28-20/h2-3,10-11,13-14,17,25H,4-9,12,15H2,1H3,(H,28,31). The maximum absolute atomic E-state index is 12.5. The SMILES string of the molecule is COc1ccc2ncc(=O)n(CCN3CCC(NCc4cnc5c(c4)NC(=O)CS5)CC3)c2c1. The van der Waals surface area contributed by atoms with Crippen molar-refractivity contribution in [3.05, 3.63) is 52.6 Å². The zero-order chi connectivity index (χ0) is 23.5. The molecule has 1 fully saturated rings. The van der Waals surface area contributed by atoms with Crippen molar-refractivity contribution < 1.29 is 9.53 Å². The second kappa shape index (κ2) is 10.1. The number of benzene rings is 1. The average Bonchev–Trinajstić information content (AvgIpc) is 2.87. The molecule has 0 bridgehead atoms. The lowest BCUT2D eigenvalue weighted by molar-refractivity contribution is -0.113. The minimum atomic E-state index is -0.0921. The molecule has 10 heteroatoms. The number of amides is 1. The van der Waals surface area contributed by atoms with Crippen LogP contribution in [0.2, 0.25) is 0 Å². The van der Waals surface area contributed by atoms with E-state index in [4.69, 9.17) is 4.74 Å². The van der Waals surface area contributed by atoms with Gasteiger partial charge in [0.05, 0.1) is 35.8 Å². The van der Waals surface area contributed by atoms with Crippen molar-refractivity contribution in [2.24, 2.45) is 0 Å². The van der Waals surface area contributed by atoms with Crippen LogP contribution in [0.4, 0.5) is 5.69 Å². The fraction of sp³-hybridized carbons (Fsp3) is 0.417. The molecule has 2 aromatic heterocycles. The molecule has 2 aliphatic heterocycles. The number of carbonyl (C=O) groups excluding carboxylic acids is 1. The largest absolute Gasteiger partial charge is 0.497 e. The van der Waals surface area contributed by atoms with Gasteiger partial charge in [-0.15, -0.1) is 0 Å². The van der Waals surface area contributed by atoms with E-state index in [1.54, 1.807) is 11.7 Å². The van der Waals surface area contributed by atoms with Gasteiger partial charge < -0.3 is 24.8 Å². The predicted molar refractivity (Wildman–Crippen MR) is 132 cm³/mol. The highest BCUT2D eigenvalue weighted by atomic mass is 32.2. The predicted octanol–water partition coefficient (Wildman–Crippen LogP) is 2.10. The molecule has 0 spiro atoms. The van der Waals surface area contributed by atoms with Crippen molar-refractivity contribution in [3.8, 4) is 5.75 Å². The Hall–Kier alpha value is -2.95. The van der Waals surface area contributed by atoms with Crippen LogP contribution in [0.5, 0.6) is 5.75 Å². The molecule has 2 N–H and O–H groups in total. The first-order chi connectivity index (χ1) is 16.6. The van der Waals surface area contributed by atoms with E-state index in [-0.39, 0.29) is 11.5 Å². The van der Waals surface area contributed by atoms with Gasteiger partial charge in [-0.3, -0.25) is 9.59 Å². The number of methoxy groups -OCH3 is 1. The number of thioether (sulfide) groups is 1. The van der Waals surface area contributed by atoms with Gasteiger partial charge in [-0.1, -0.05) is 11.8 Å². The lowest BCUT2D eigenvalue weighted by Crippen LogP contribution is -2.43. The van der Waals surface area contributed by atoms with Crippen LogP contribution in [0.1, 0.15) is 18.4 Å². The summed E-state index contributed by atoms with van der Waals surface area (Å²) in [5.41, 5.74) is 3.38. The molecule has 34 heavy (non-hydrogen) atoms. The second-order valence-electron chi connectivity index (χ2n) is 8.63. The third-order valence-electron chi connectivity index (χ3n) is 6.40. The maximum atomic E-state index is 12.5. The molecule has 0 atom stereocenters. The number of rotatable bonds is 7. The van der Waals surface area contributed by atoms with Gasteiger partial charge in [0.1, 0.15) is 10.8 Å². The minimum Gasteiger partial charge on any atom is -0.497 e. The van der Waals surface area contributed by atoms with Crippen molar-refractivity contribution in [3.63, 3.8) is 0 Å². The van der Waals surface area contributed by atoms with Crippen LogP contribution in [-0.2, 0) is 17.9 Å². The highest BCUT2D eigenvalue weighted by Gasteiger charge is 2.20. The summed E-state index contributed by atoms with van der Waals surface area (Å²) in [6.45, 7) is 4.12. The number of ether oxygens (including phenoxy) is 1.